The maximum absolute atomic E-state index is 10.9. The van der Waals surface area contributed by atoms with Crippen molar-refractivity contribution in [3.63, 3.8) is 0 Å². The first-order valence-electron chi connectivity index (χ1n) is 3.60. The third kappa shape index (κ3) is 0.993. The van der Waals surface area contributed by atoms with E-state index in [0.717, 1.165) is 5.56 Å². The van der Waals surface area contributed by atoms with Gasteiger partial charge in [-0.3, -0.25) is 4.79 Å². The lowest BCUT2D eigenvalue weighted by Gasteiger charge is -2.12. The summed E-state index contributed by atoms with van der Waals surface area (Å²) in [5.74, 6) is -0.732. The zero-order chi connectivity index (χ0) is 8.55. The molecule has 1 aliphatic heterocycles. The van der Waals surface area contributed by atoms with Crippen molar-refractivity contribution in [1.29, 1.82) is 0 Å². The number of para-hydroxylation sites is 1. The smallest absolute Gasteiger partial charge is 0.380 e. The van der Waals surface area contributed by atoms with Crippen molar-refractivity contribution < 1.29 is 14.3 Å². The predicted molar refractivity (Wildman–Crippen MR) is 40.8 cm³/mol. The summed E-state index contributed by atoms with van der Waals surface area (Å²) in [5, 5.41) is 0. The molecular formula is C9H6O3. The fourth-order valence-electron chi connectivity index (χ4n) is 1.15. The van der Waals surface area contributed by atoms with Gasteiger partial charge in [0.2, 0.25) is 5.78 Å². The summed E-state index contributed by atoms with van der Waals surface area (Å²) in [5.41, 5.74) is 0.780. The van der Waals surface area contributed by atoms with Gasteiger partial charge in [0.1, 0.15) is 5.75 Å². The monoisotopic (exact) mass is 162 g/mol. The molecule has 3 heteroatoms. The van der Waals surface area contributed by atoms with E-state index in [1.807, 2.05) is 6.07 Å². The third-order valence-corrected chi connectivity index (χ3v) is 1.75. The van der Waals surface area contributed by atoms with Crippen molar-refractivity contribution in [3.05, 3.63) is 29.8 Å². The molecule has 0 amide bonds. The van der Waals surface area contributed by atoms with Crippen LogP contribution in [0.25, 0.3) is 0 Å². The molecule has 0 bridgehead atoms. The Balaban J connectivity index is 2.47. The number of ketones is 1. The second-order valence-corrected chi connectivity index (χ2v) is 2.60. The molecule has 12 heavy (non-hydrogen) atoms. The van der Waals surface area contributed by atoms with Crippen molar-refractivity contribution in [2.24, 2.45) is 0 Å². The van der Waals surface area contributed by atoms with E-state index in [2.05, 4.69) is 0 Å². The summed E-state index contributed by atoms with van der Waals surface area (Å²) < 4.78 is 4.76. The van der Waals surface area contributed by atoms with Crippen LogP contribution in [0, 0.1) is 0 Å². The summed E-state index contributed by atoms with van der Waals surface area (Å²) in [6, 6.07) is 7.03. The Kier molecular flexibility index (Phi) is 1.43. The number of hydrogen-bond acceptors (Lipinski definition) is 3. The van der Waals surface area contributed by atoms with Gasteiger partial charge in [-0.25, -0.2) is 4.79 Å². The van der Waals surface area contributed by atoms with Crippen LogP contribution in [0.5, 0.6) is 5.75 Å². The Morgan fingerprint density at radius 3 is 2.75 bits per heavy atom. The molecular weight excluding hydrogens is 156 g/mol. The van der Waals surface area contributed by atoms with E-state index >= 15 is 0 Å². The van der Waals surface area contributed by atoms with Gasteiger partial charge in [-0.05, 0) is 6.07 Å². The van der Waals surface area contributed by atoms with Crippen molar-refractivity contribution >= 4 is 11.8 Å². The summed E-state index contributed by atoms with van der Waals surface area (Å²) in [7, 11) is 0. The minimum Gasteiger partial charge on any atom is -0.420 e. The van der Waals surface area contributed by atoms with Crippen LogP contribution in [0.4, 0.5) is 0 Å². The highest BCUT2D eigenvalue weighted by molar-refractivity contribution is 6.35. The molecule has 0 aliphatic carbocycles. The lowest BCUT2D eigenvalue weighted by atomic mass is 10.1. The first-order chi connectivity index (χ1) is 5.77. The molecule has 3 nitrogen and oxygen atoms in total. The van der Waals surface area contributed by atoms with Gasteiger partial charge in [-0.15, -0.1) is 0 Å². The van der Waals surface area contributed by atoms with E-state index in [-0.39, 0.29) is 6.42 Å². The van der Waals surface area contributed by atoms with Crippen molar-refractivity contribution in [2.45, 2.75) is 6.42 Å². The van der Waals surface area contributed by atoms with Crippen LogP contribution in [-0.2, 0) is 16.0 Å². The van der Waals surface area contributed by atoms with Crippen LogP contribution in [0.1, 0.15) is 5.56 Å². The number of carbonyl (C=O) groups is 2. The minimum absolute atomic E-state index is 0.162. The molecule has 0 aromatic heterocycles. The molecule has 0 fully saturated rings. The first-order valence-corrected chi connectivity index (χ1v) is 3.60. The molecule has 1 aliphatic rings. The van der Waals surface area contributed by atoms with E-state index in [1.54, 1.807) is 18.2 Å². The molecule has 60 valence electrons. The van der Waals surface area contributed by atoms with Crippen LogP contribution in [0.2, 0.25) is 0 Å². The second kappa shape index (κ2) is 2.44. The Bertz CT molecular complexity index is 320. The summed E-state index contributed by atoms with van der Waals surface area (Å²) >= 11 is 0. The van der Waals surface area contributed by atoms with Gasteiger partial charge in [0.25, 0.3) is 0 Å². The molecule has 0 saturated carbocycles. The lowest BCUT2D eigenvalue weighted by Crippen LogP contribution is -2.27. The fraction of sp³-hybridized carbons (Fsp3) is 0.111. The number of fused-ring (bicyclic) bond motifs is 1. The molecule has 0 spiro atoms. The van der Waals surface area contributed by atoms with Gasteiger partial charge in [0.15, 0.2) is 0 Å². The fourth-order valence-corrected chi connectivity index (χ4v) is 1.15. The van der Waals surface area contributed by atoms with E-state index in [9.17, 15) is 9.59 Å². The highest BCUT2D eigenvalue weighted by Gasteiger charge is 2.24. The van der Waals surface area contributed by atoms with Gasteiger partial charge in [-0.2, -0.15) is 0 Å². The number of ether oxygens (including phenoxy) is 1. The number of carbonyl (C=O) groups excluding carboxylic acids is 2. The summed E-state index contributed by atoms with van der Waals surface area (Å²) in [6.45, 7) is 0. The van der Waals surface area contributed by atoms with Crippen LogP contribution in [-0.4, -0.2) is 11.8 Å². The quantitative estimate of drug-likeness (QED) is 0.320. The zero-order valence-electron chi connectivity index (χ0n) is 6.24. The minimum atomic E-state index is -0.756. The van der Waals surface area contributed by atoms with Gasteiger partial charge < -0.3 is 4.74 Å². The summed E-state index contributed by atoms with van der Waals surface area (Å²) in [4.78, 5) is 21.7. The molecule has 0 unspecified atom stereocenters. The first kappa shape index (κ1) is 7.03. The zero-order valence-corrected chi connectivity index (χ0v) is 6.24. The Morgan fingerprint density at radius 1 is 1.17 bits per heavy atom. The van der Waals surface area contributed by atoms with Crippen LogP contribution >= 0.6 is 0 Å². The molecule has 0 saturated heterocycles. The molecule has 1 heterocycles. The van der Waals surface area contributed by atoms with Crippen molar-refractivity contribution in [1.82, 2.24) is 0 Å². The lowest BCUT2D eigenvalue weighted by molar-refractivity contribution is -0.147. The van der Waals surface area contributed by atoms with Crippen LogP contribution in [0.15, 0.2) is 24.3 Å². The topological polar surface area (TPSA) is 43.4 Å². The van der Waals surface area contributed by atoms with E-state index < -0.39 is 11.8 Å². The van der Waals surface area contributed by atoms with E-state index in [1.165, 1.54) is 0 Å². The maximum atomic E-state index is 10.9. The normalized spacial score (nSPS) is 15.3. The van der Waals surface area contributed by atoms with Crippen molar-refractivity contribution in [2.75, 3.05) is 0 Å². The van der Waals surface area contributed by atoms with Crippen LogP contribution < -0.4 is 4.74 Å². The molecule has 0 radical (unpaired) electrons. The van der Waals surface area contributed by atoms with E-state index in [0.29, 0.717) is 5.75 Å². The number of Topliss-reactive ketones (excluding diaryl/α,β-unsaturated/α-hetero) is 1. The Hall–Kier alpha value is -1.64. The van der Waals surface area contributed by atoms with Gasteiger partial charge in [0.05, 0.1) is 0 Å². The number of benzene rings is 1. The highest BCUT2D eigenvalue weighted by atomic mass is 16.5. The second-order valence-electron chi connectivity index (χ2n) is 2.60. The SMILES string of the molecule is O=C1Cc2ccccc2OC1=O. The number of esters is 1. The average Bonchev–Trinajstić information content (AvgIpc) is 2.07. The van der Waals surface area contributed by atoms with E-state index in [4.69, 9.17) is 4.74 Å². The van der Waals surface area contributed by atoms with Gasteiger partial charge >= 0.3 is 5.97 Å². The predicted octanol–water partition coefficient (Wildman–Crippen LogP) is 0.717. The average molecular weight is 162 g/mol. The Labute approximate surface area is 69.0 Å². The molecule has 0 atom stereocenters. The Morgan fingerprint density at radius 2 is 1.92 bits per heavy atom. The molecule has 1 aromatic rings. The number of rotatable bonds is 0. The molecule has 1 aromatic carbocycles. The van der Waals surface area contributed by atoms with Crippen molar-refractivity contribution in [3.8, 4) is 5.75 Å². The summed E-state index contributed by atoms with van der Waals surface area (Å²) in [6.07, 6.45) is 0.162. The van der Waals surface area contributed by atoms with Crippen LogP contribution in [0.3, 0.4) is 0 Å². The highest BCUT2D eigenvalue weighted by Crippen LogP contribution is 2.22. The number of hydrogen-bond donors (Lipinski definition) is 0. The molecule has 0 N–H and O–H groups in total. The van der Waals surface area contributed by atoms with Gasteiger partial charge in [0, 0.05) is 12.0 Å². The third-order valence-electron chi connectivity index (χ3n) is 1.75. The standard InChI is InChI=1S/C9H6O3/c10-7-5-6-3-1-2-4-8(6)12-9(7)11/h1-4H,5H2. The molecule has 2 rings (SSSR count). The largest absolute Gasteiger partial charge is 0.420 e. The maximum Gasteiger partial charge on any atom is 0.380 e. The van der Waals surface area contributed by atoms with Gasteiger partial charge in [-0.1, -0.05) is 18.2 Å².